The second kappa shape index (κ2) is 9.43. The summed E-state index contributed by atoms with van der Waals surface area (Å²) in [5, 5.41) is 0. The second-order valence-electron chi connectivity index (χ2n) is 5.63. The Morgan fingerprint density at radius 1 is 0.926 bits per heavy atom. The van der Waals surface area contributed by atoms with E-state index < -0.39 is 5.97 Å². The highest BCUT2D eigenvalue weighted by atomic mass is 16.5. The summed E-state index contributed by atoms with van der Waals surface area (Å²) in [6, 6.07) is 10.3. The summed E-state index contributed by atoms with van der Waals surface area (Å²) < 4.78 is 21.0. The van der Waals surface area contributed by atoms with Crippen molar-refractivity contribution >= 4 is 17.8 Å². The summed E-state index contributed by atoms with van der Waals surface area (Å²) in [6.07, 6.45) is 2.89. The Morgan fingerprint density at radius 2 is 1.63 bits per heavy atom. The molecular formula is C21H22O6. The van der Waals surface area contributed by atoms with Gasteiger partial charge >= 0.3 is 5.97 Å². The molecule has 0 N–H and O–H groups in total. The molecule has 6 nitrogen and oxygen atoms in total. The van der Waals surface area contributed by atoms with Gasteiger partial charge < -0.3 is 18.9 Å². The molecule has 0 unspecified atom stereocenters. The van der Waals surface area contributed by atoms with Gasteiger partial charge in [0, 0.05) is 22.8 Å². The number of ether oxygens (including phenoxy) is 4. The maximum atomic E-state index is 12.1. The maximum Gasteiger partial charge on any atom is 0.331 e. The van der Waals surface area contributed by atoms with Crippen molar-refractivity contribution in [3.8, 4) is 17.2 Å². The van der Waals surface area contributed by atoms with Crippen LogP contribution in [-0.2, 0) is 16.1 Å². The molecule has 27 heavy (non-hydrogen) atoms. The van der Waals surface area contributed by atoms with Crippen LogP contribution in [0.4, 0.5) is 0 Å². The third-order valence-electron chi connectivity index (χ3n) is 3.89. The number of hydrogen-bond acceptors (Lipinski definition) is 6. The van der Waals surface area contributed by atoms with Gasteiger partial charge in [0.2, 0.25) is 0 Å². The molecule has 2 aromatic rings. The van der Waals surface area contributed by atoms with Gasteiger partial charge in [-0.1, -0.05) is 0 Å². The average molecular weight is 370 g/mol. The molecular weight excluding hydrogens is 348 g/mol. The first-order chi connectivity index (χ1) is 13.0. The molecule has 0 radical (unpaired) electrons. The summed E-state index contributed by atoms with van der Waals surface area (Å²) in [4.78, 5) is 23.6. The number of esters is 1. The summed E-state index contributed by atoms with van der Waals surface area (Å²) >= 11 is 0. The van der Waals surface area contributed by atoms with Crippen molar-refractivity contribution < 1.29 is 28.5 Å². The molecule has 0 fully saturated rings. The maximum absolute atomic E-state index is 12.1. The van der Waals surface area contributed by atoms with Crippen LogP contribution in [0.2, 0.25) is 0 Å². The molecule has 0 saturated carbocycles. The van der Waals surface area contributed by atoms with Gasteiger partial charge in [0.1, 0.15) is 23.9 Å². The zero-order valence-corrected chi connectivity index (χ0v) is 15.8. The van der Waals surface area contributed by atoms with Crippen LogP contribution in [0.3, 0.4) is 0 Å². The third-order valence-corrected chi connectivity index (χ3v) is 3.89. The number of carbonyl (C=O) groups is 2. The Bertz CT molecular complexity index is 854. The van der Waals surface area contributed by atoms with Crippen molar-refractivity contribution in [2.45, 2.75) is 13.5 Å². The van der Waals surface area contributed by atoms with E-state index in [4.69, 9.17) is 18.9 Å². The van der Waals surface area contributed by atoms with Crippen LogP contribution >= 0.6 is 0 Å². The highest BCUT2D eigenvalue weighted by molar-refractivity contribution is 5.94. The molecule has 2 rings (SSSR count). The van der Waals surface area contributed by atoms with Gasteiger partial charge in [-0.05, 0) is 49.4 Å². The van der Waals surface area contributed by atoms with Gasteiger partial charge in [0.05, 0.1) is 21.3 Å². The van der Waals surface area contributed by atoms with E-state index in [1.54, 1.807) is 56.7 Å². The average Bonchev–Trinajstić information content (AvgIpc) is 2.69. The van der Waals surface area contributed by atoms with Crippen molar-refractivity contribution in [2.24, 2.45) is 0 Å². The fourth-order valence-corrected chi connectivity index (χ4v) is 2.43. The summed E-state index contributed by atoms with van der Waals surface area (Å²) in [5.41, 5.74) is 1.83. The van der Waals surface area contributed by atoms with Gasteiger partial charge in [-0.3, -0.25) is 4.79 Å². The standard InChI is InChI=1S/C21H22O6/c1-14(22)15-5-8-20(26-4)17(11-15)13-27-21(23)10-6-16-12-18(24-2)7-9-19(16)25-3/h5-12H,13H2,1-4H3/b10-6+. The normalized spacial score (nSPS) is 10.5. The van der Waals surface area contributed by atoms with Crippen molar-refractivity contribution in [3.05, 3.63) is 59.2 Å². The van der Waals surface area contributed by atoms with E-state index in [2.05, 4.69) is 0 Å². The molecule has 0 aliphatic heterocycles. The summed E-state index contributed by atoms with van der Waals surface area (Å²) in [7, 11) is 4.63. The smallest absolute Gasteiger partial charge is 0.331 e. The Labute approximate surface area is 158 Å². The van der Waals surface area contributed by atoms with E-state index in [9.17, 15) is 9.59 Å². The zero-order chi connectivity index (χ0) is 19.8. The molecule has 0 bridgehead atoms. The molecule has 0 spiro atoms. The lowest BCUT2D eigenvalue weighted by Crippen LogP contribution is -2.04. The van der Waals surface area contributed by atoms with E-state index in [0.717, 1.165) is 0 Å². The van der Waals surface area contributed by atoms with E-state index in [1.165, 1.54) is 20.1 Å². The molecule has 2 aromatic carbocycles. The molecule has 0 heterocycles. The van der Waals surface area contributed by atoms with E-state index in [-0.39, 0.29) is 12.4 Å². The van der Waals surface area contributed by atoms with Crippen LogP contribution in [0, 0.1) is 0 Å². The lowest BCUT2D eigenvalue weighted by molar-refractivity contribution is -0.138. The van der Waals surface area contributed by atoms with Crippen molar-refractivity contribution in [2.75, 3.05) is 21.3 Å². The van der Waals surface area contributed by atoms with Crippen LogP contribution in [-0.4, -0.2) is 33.1 Å². The number of carbonyl (C=O) groups excluding carboxylic acids is 2. The predicted molar refractivity (Wildman–Crippen MR) is 101 cm³/mol. The molecule has 0 saturated heterocycles. The summed E-state index contributed by atoms with van der Waals surface area (Å²) in [6.45, 7) is 1.46. The molecule has 0 atom stereocenters. The minimum Gasteiger partial charge on any atom is -0.497 e. The highest BCUT2D eigenvalue weighted by Gasteiger charge is 2.09. The van der Waals surface area contributed by atoms with Crippen molar-refractivity contribution in [1.82, 2.24) is 0 Å². The van der Waals surface area contributed by atoms with E-state index in [1.807, 2.05) is 0 Å². The first kappa shape index (κ1) is 20.0. The quantitative estimate of drug-likeness (QED) is 0.401. The lowest BCUT2D eigenvalue weighted by Gasteiger charge is -2.10. The number of rotatable bonds is 8. The minimum atomic E-state index is -0.532. The predicted octanol–water partition coefficient (Wildman–Crippen LogP) is 3.67. The largest absolute Gasteiger partial charge is 0.497 e. The zero-order valence-electron chi connectivity index (χ0n) is 15.8. The number of ketones is 1. The second-order valence-corrected chi connectivity index (χ2v) is 5.63. The SMILES string of the molecule is COc1ccc(OC)c(/C=C/C(=O)OCc2cc(C(C)=O)ccc2OC)c1. The molecule has 6 heteroatoms. The highest BCUT2D eigenvalue weighted by Crippen LogP contribution is 2.25. The third kappa shape index (κ3) is 5.34. The van der Waals surface area contributed by atoms with Gasteiger partial charge in [-0.2, -0.15) is 0 Å². The molecule has 0 aromatic heterocycles. The summed E-state index contributed by atoms with van der Waals surface area (Å²) in [5.74, 6) is 1.20. The van der Waals surface area contributed by atoms with Crippen molar-refractivity contribution in [1.29, 1.82) is 0 Å². The van der Waals surface area contributed by atoms with Crippen LogP contribution in [0.15, 0.2) is 42.5 Å². The monoisotopic (exact) mass is 370 g/mol. The Morgan fingerprint density at radius 3 is 2.26 bits per heavy atom. The van der Waals surface area contributed by atoms with Crippen LogP contribution in [0.1, 0.15) is 28.4 Å². The van der Waals surface area contributed by atoms with Gasteiger partial charge in [0.15, 0.2) is 5.78 Å². The first-order valence-electron chi connectivity index (χ1n) is 8.23. The molecule has 0 aliphatic rings. The number of Topliss-reactive ketones (excluding diaryl/α,β-unsaturated/α-hetero) is 1. The Kier molecular flexibility index (Phi) is 7.00. The van der Waals surface area contributed by atoms with Crippen LogP contribution < -0.4 is 14.2 Å². The van der Waals surface area contributed by atoms with Crippen LogP contribution in [0.5, 0.6) is 17.2 Å². The molecule has 0 amide bonds. The van der Waals surface area contributed by atoms with Crippen LogP contribution in [0.25, 0.3) is 6.08 Å². The fraction of sp³-hybridized carbons (Fsp3) is 0.238. The topological polar surface area (TPSA) is 71.1 Å². The fourth-order valence-electron chi connectivity index (χ4n) is 2.43. The van der Waals surface area contributed by atoms with E-state index >= 15 is 0 Å². The lowest BCUT2D eigenvalue weighted by atomic mass is 10.1. The first-order valence-corrected chi connectivity index (χ1v) is 8.23. The van der Waals surface area contributed by atoms with Gasteiger partial charge in [-0.15, -0.1) is 0 Å². The molecule has 142 valence electrons. The number of hydrogen-bond donors (Lipinski definition) is 0. The Hall–Kier alpha value is -3.28. The minimum absolute atomic E-state index is 0.0112. The van der Waals surface area contributed by atoms with Crippen molar-refractivity contribution in [3.63, 3.8) is 0 Å². The Balaban J connectivity index is 2.10. The van der Waals surface area contributed by atoms with Gasteiger partial charge in [0.25, 0.3) is 0 Å². The van der Waals surface area contributed by atoms with Gasteiger partial charge in [-0.25, -0.2) is 4.79 Å². The number of benzene rings is 2. The molecule has 0 aliphatic carbocycles. The van der Waals surface area contributed by atoms with E-state index in [0.29, 0.717) is 33.9 Å². The number of methoxy groups -OCH3 is 3.